The highest BCUT2D eigenvalue weighted by Crippen LogP contribution is 2.22. The van der Waals surface area contributed by atoms with Gasteiger partial charge in [-0.3, -0.25) is 0 Å². The Balaban J connectivity index is 1.79. The van der Waals surface area contributed by atoms with Crippen molar-refractivity contribution in [2.24, 2.45) is 5.92 Å². The minimum Gasteiger partial charge on any atom is -0.465 e. The molecule has 0 aromatic carbocycles. The van der Waals surface area contributed by atoms with Crippen molar-refractivity contribution in [1.29, 1.82) is 0 Å². The van der Waals surface area contributed by atoms with Gasteiger partial charge in [-0.2, -0.15) is 0 Å². The number of hydrogen-bond acceptors (Lipinski definition) is 4. The molecule has 22 heavy (non-hydrogen) atoms. The van der Waals surface area contributed by atoms with Gasteiger partial charge < -0.3 is 14.0 Å². The molecular formula is C17H23N3O2. The van der Waals surface area contributed by atoms with Crippen molar-refractivity contribution in [2.75, 3.05) is 26.7 Å². The molecule has 0 amide bonds. The minimum atomic E-state index is -0.312. The molecule has 3 heterocycles. The number of piperidine rings is 1. The molecule has 1 aliphatic rings. The average molecular weight is 301 g/mol. The Hall–Kier alpha value is -1.88. The molecule has 1 aliphatic heterocycles. The summed E-state index contributed by atoms with van der Waals surface area (Å²) in [4.78, 5) is 18.9. The van der Waals surface area contributed by atoms with E-state index in [4.69, 9.17) is 4.74 Å². The molecule has 0 N–H and O–H groups in total. The summed E-state index contributed by atoms with van der Waals surface area (Å²) in [7, 11) is 1.41. The van der Waals surface area contributed by atoms with Crippen molar-refractivity contribution in [3.63, 3.8) is 0 Å². The first-order valence-corrected chi connectivity index (χ1v) is 7.98. The molecule has 0 radical (unpaired) electrons. The zero-order chi connectivity index (χ0) is 15.5. The fourth-order valence-corrected chi connectivity index (χ4v) is 3.27. The van der Waals surface area contributed by atoms with Crippen LogP contribution in [0.5, 0.6) is 0 Å². The van der Waals surface area contributed by atoms with E-state index in [0.29, 0.717) is 11.5 Å². The van der Waals surface area contributed by atoms with E-state index >= 15 is 0 Å². The smallest absolute Gasteiger partial charge is 0.340 e. The summed E-state index contributed by atoms with van der Waals surface area (Å²) in [5, 5.41) is 0. The highest BCUT2D eigenvalue weighted by atomic mass is 16.5. The number of fused-ring (bicyclic) bond motifs is 1. The SMILES string of the molecule is CCN1CCC(Cc2ncc3c(C(=O)OC)cccn23)CC1. The van der Waals surface area contributed by atoms with Crippen molar-refractivity contribution >= 4 is 11.5 Å². The van der Waals surface area contributed by atoms with Crippen LogP contribution < -0.4 is 0 Å². The minimum absolute atomic E-state index is 0.312. The molecule has 0 atom stereocenters. The van der Waals surface area contributed by atoms with Gasteiger partial charge in [0.15, 0.2) is 0 Å². The fourth-order valence-electron chi connectivity index (χ4n) is 3.27. The standard InChI is InChI=1S/C17H23N3O2/c1-3-19-9-6-13(7-10-19)11-16-18-12-15-14(17(21)22-2)5-4-8-20(15)16/h4-5,8,12-13H,3,6-7,9-11H2,1-2H3. The number of carbonyl (C=O) groups is 1. The molecule has 5 nitrogen and oxygen atoms in total. The number of esters is 1. The number of rotatable bonds is 4. The maximum Gasteiger partial charge on any atom is 0.340 e. The number of nitrogens with zero attached hydrogens (tertiary/aromatic N) is 3. The zero-order valence-electron chi connectivity index (χ0n) is 13.3. The third-order valence-electron chi connectivity index (χ3n) is 4.68. The highest BCUT2D eigenvalue weighted by molar-refractivity contribution is 5.96. The van der Waals surface area contributed by atoms with Gasteiger partial charge in [0.2, 0.25) is 0 Å². The maximum atomic E-state index is 11.8. The first-order valence-electron chi connectivity index (χ1n) is 7.98. The van der Waals surface area contributed by atoms with Gasteiger partial charge >= 0.3 is 5.97 Å². The molecule has 0 unspecified atom stereocenters. The Morgan fingerprint density at radius 2 is 2.18 bits per heavy atom. The van der Waals surface area contributed by atoms with Gasteiger partial charge in [-0.1, -0.05) is 6.92 Å². The fraction of sp³-hybridized carbons (Fsp3) is 0.529. The molecule has 1 fully saturated rings. The number of hydrogen-bond donors (Lipinski definition) is 0. The number of aromatic nitrogens is 2. The lowest BCUT2D eigenvalue weighted by Gasteiger charge is -2.30. The monoisotopic (exact) mass is 301 g/mol. The second-order valence-corrected chi connectivity index (χ2v) is 5.92. The molecule has 0 spiro atoms. The Morgan fingerprint density at radius 3 is 2.86 bits per heavy atom. The van der Waals surface area contributed by atoms with Crippen LogP contribution >= 0.6 is 0 Å². The topological polar surface area (TPSA) is 46.8 Å². The van der Waals surface area contributed by atoms with Crippen molar-refractivity contribution in [2.45, 2.75) is 26.2 Å². The van der Waals surface area contributed by atoms with Crippen molar-refractivity contribution in [3.05, 3.63) is 35.9 Å². The quantitative estimate of drug-likeness (QED) is 0.814. The molecule has 3 rings (SSSR count). The predicted molar refractivity (Wildman–Crippen MR) is 85.1 cm³/mol. The van der Waals surface area contributed by atoms with Crippen LogP contribution in [0.2, 0.25) is 0 Å². The first-order chi connectivity index (χ1) is 10.7. The predicted octanol–water partition coefficient (Wildman–Crippen LogP) is 2.40. The Labute approximate surface area is 130 Å². The van der Waals surface area contributed by atoms with Gasteiger partial charge in [0.25, 0.3) is 0 Å². The summed E-state index contributed by atoms with van der Waals surface area (Å²) >= 11 is 0. The van der Waals surface area contributed by atoms with Crippen molar-refractivity contribution < 1.29 is 9.53 Å². The van der Waals surface area contributed by atoms with Crippen molar-refractivity contribution in [3.8, 4) is 0 Å². The summed E-state index contributed by atoms with van der Waals surface area (Å²) < 4.78 is 6.87. The molecule has 5 heteroatoms. The van der Waals surface area contributed by atoms with Crippen LogP contribution in [0.15, 0.2) is 24.5 Å². The van der Waals surface area contributed by atoms with Crippen LogP contribution in [-0.4, -0.2) is 47.0 Å². The second kappa shape index (κ2) is 6.48. The number of imidazole rings is 1. The Bertz CT molecular complexity index is 657. The average Bonchev–Trinajstić information content (AvgIpc) is 2.98. The second-order valence-electron chi connectivity index (χ2n) is 5.92. The van der Waals surface area contributed by atoms with Gasteiger partial charge in [0, 0.05) is 12.6 Å². The molecule has 118 valence electrons. The largest absolute Gasteiger partial charge is 0.465 e. The molecule has 0 aliphatic carbocycles. The molecule has 2 aromatic heterocycles. The Kier molecular flexibility index (Phi) is 4.43. The number of carbonyl (C=O) groups excluding carboxylic acids is 1. The molecular weight excluding hydrogens is 278 g/mol. The van der Waals surface area contributed by atoms with Gasteiger partial charge in [-0.25, -0.2) is 9.78 Å². The van der Waals surface area contributed by atoms with E-state index in [1.807, 2.05) is 16.7 Å². The lowest BCUT2D eigenvalue weighted by molar-refractivity contribution is 0.0602. The van der Waals surface area contributed by atoms with E-state index < -0.39 is 0 Å². The third-order valence-corrected chi connectivity index (χ3v) is 4.68. The third kappa shape index (κ3) is 2.86. The maximum absolute atomic E-state index is 11.8. The normalized spacial score (nSPS) is 17.0. The lowest BCUT2D eigenvalue weighted by Crippen LogP contribution is -2.34. The van der Waals surface area contributed by atoms with E-state index in [-0.39, 0.29) is 5.97 Å². The van der Waals surface area contributed by atoms with Crippen LogP contribution in [0, 0.1) is 5.92 Å². The molecule has 2 aromatic rings. The van der Waals surface area contributed by atoms with Gasteiger partial charge in [0.05, 0.1) is 24.4 Å². The summed E-state index contributed by atoms with van der Waals surface area (Å²) in [5.41, 5.74) is 1.40. The first kappa shape index (κ1) is 15.0. The number of ether oxygens (including phenoxy) is 1. The summed E-state index contributed by atoms with van der Waals surface area (Å²) in [5.74, 6) is 1.40. The molecule has 1 saturated heterocycles. The number of pyridine rings is 1. The number of methoxy groups -OCH3 is 1. The van der Waals surface area contributed by atoms with Gasteiger partial charge in [0.1, 0.15) is 5.82 Å². The molecule has 0 bridgehead atoms. The van der Waals surface area contributed by atoms with Crippen LogP contribution in [-0.2, 0) is 11.2 Å². The summed E-state index contributed by atoms with van der Waals surface area (Å²) in [6.45, 7) is 5.72. The van der Waals surface area contributed by atoms with E-state index in [9.17, 15) is 4.79 Å². The van der Waals surface area contributed by atoms with E-state index in [2.05, 4.69) is 16.8 Å². The van der Waals surface area contributed by atoms with Gasteiger partial charge in [-0.05, 0) is 50.5 Å². The lowest BCUT2D eigenvalue weighted by atomic mass is 9.93. The van der Waals surface area contributed by atoms with Crippen molar-refractivity contribution in [1.82, 2.24) is 14.3 Å². The van der Waals surface area contributed by atoms with E-state index in [1.165, 1.54) is 33.0 Å². The Morgan fingerprint density at radius 1 is 1.41 bits per heavy atom. The summed E-state index contributed by atoms with van der Waals surface area (Å²) in [6.07, 6.45) is 7.17. The van der Waals surface area contributed by atoms with E-state index in [1.54, 1.807) is 12.3 Å². The van der Waals surface area contributed by atoms with Crippen LogP contribution in [0.4, 0.5) is 0 Å². The number of likely N-dealkylation sites (tertiary alicyclic amines) is 1. The van der Waals surface area contributed by atoms with Crippen LogP contribution in [0.25, 0.3) is 5.52 Å². The highest BCUT2D eigenvalue weighted by Gasteiger charge is 2.21. The molecule has 0 saturated carbocycles. The van der Waals surface area contributed by atoms with E-state index in [0.717, 1.165) is 24.3 Å². The zero-order valence-corrected chi connectivity index (χ0v) is 13.3. The van der Waals surface area contributed by atoms with Gasteiger partial charge in [-0.15, -0.1) is 0 Å². The summed E-state index contributed by atoms with van der Waals surface area (Å²) in [6, 6.07) is 3.66. The van der Waals surface area contributed by atoms with Crippen LogP contribution in [0.1, 0.15) is 35.9 Å². The van der Waals surface area contributed by atoms with Crippen LogP contribution in [0.3, 0.4) is 0 Å².